The molecule has 1 aliphatic carbocycles. The van der Waals surface area contributed by atoms with Gasteiger partial charge in [0.1, 0.15) is 0 Å². The zero-order valence-corrected chi connectivity index (χ0v) is 7.53. The molecule has 1 rings (SSSR count). The van der Waals surface area contributed by atoms with Crippen molar-refractivity contribution in [3.63, 3.8) is 0 Å². The van der Waals surface area contributed by atoms with Gasteiger partial charge in [-0.05, 0) is 24.3 Å². The summed E-state index contributed by atoms with van der Waals surface area (Å²) in [5.41, 5.74) is -0.959. The molecule has 0 aromatic carbocycles. The van der Waals surface area contributed by atoms with E-state index in [1.54, 1.807) is 0 Å². The van der Waals surface area contributed by atoms with E-state index in [9.17, 15) is 9.59 Å². The Kier molecular flexibility index (Phi) is 2.63. The summed E-state index contributed by atoms with van der Waals surface area (Å²) in [6.45, 7) is 1.39. The van der Waals surface area contributed by atoms with E-state index in [4.69, 9.17) is 4.74 Å². The van der Waals surface area contributed by atoms with Crippen LogP contribution in [-0.4, -0.2) is 24.5 Å². The fourth-order valence-electron chi connectivity index (χ4n) is 1.07. The molecule has 4 heteroatoms. The van der Waals surface area contributed by atoms with Crippen LogP contribution in [0.4, 0.5) is 0 Å². The molecule has 0 spiro atoms. The molecular weight excluding hydrogens is 170 g/mol. The van der Waals surface area contributed by atoms with Gasteiger partial charge in [0, 0.05) is 14.0 Å². The summed E-state index contributed by atoms with van der Waals surface area (Å²) >= 11 is 0. The number of nitrogens with one attached hydrogen (secondary N) is 1. The summed E-state index contributed by atoms with van der Waals surface area (Å²) in [4.78, 5) is 21.6. The first-order valence-corrected chi connectivity index (χ1v) is 3.84. The van der Waals surface area contributed by atoms with Crippen molar-refractivity contribution in [2.75, 3.05) is 7.11 Å². The fraction of sp³-hybridized carbons (Fsp3) is 0.333. The van der Waals surface area contributed by atoms with Gasteiger partial charge in [0.15, 0.2) is 11.5 Å². The van der Waals surface area contributed by atoms with Crippen molar-refractivity contribution in [2.45, 2.75) is 12.6 Å². The minimum atomic E-state index is -0.959. The Labute approximate surface area is 76.3 Å². The lowest BCUT2D eigenvalue weighted by Gasteiger charge is -2.27. The molecule has 0 fully saturated rings. The van der Waals surface area contributed by atoms with Crippen LogP contribution in [0.2, 0.25) is 0 Å². The molecule has 0 heterocycles. The van der Waals surface area contributed by atoms with E-state index in [-0.39, 0.29) is 11.7 Å². The number of ether oxygens (including phenoxy) is 1. The molecule has 70 valence electrons. The summed E-state index contributed by atoms with van der Waals surface area (Å²) in [5.74, 6) is -0.330. The van der Waals surface area contributed by atoms with Crippen molar-refractivity contribution in [3.8, 4) is 0 Å². The maximum absolute atomic E-state index is 10.8. The molecule has 0 atom stereocenters. The molecule has 0 saturated heterocycles. The molecule has 4 nitrogen and oxygen atoms in total. The van der Waals surface area contributed by atoms with Crippen LogP contribution in [0.15, 0.2) is 24.3 Å². The fourth-order valence-corrected chi connectivity index (χ4v) is 1.07. The topological polar surface area (TPSA) is 55.4 Å². The van der Waals surface area contributed by atoms with Crippen molar-refractivity contribution in [3.05, 3.63) is 24.3 Å². The Hall–Kier alpha value is -1.42. The summed E-state index contributed by atoms with van der Waals surface area (Å²) in [6.07, 6.45) is 5.74. The molecule has 1 N–H and O–H groups in total. The quantitative estimate of drug-likeness (QED) is 0.617. The highest BCUT2D eigenvalue weighted by atomic mass is 16.5. The molecule has 0 bridgehead atoms. The third kappa shape index (κ3) is 2.26. The van der Waals surface area contributed by atoms with Gasteiger partial charge in [-0.2, -0.15) is 0 Å². The molecule has 0 aliphatic heterocycles. The van der Waals surface area contributed by atoms with E-state index in [1.165, 1.54) is 38.3 Å². The van der Waals surface area contributed by atoms with Crippen LogP contribution in [0.1, 0.15) is 6.92 Å². The van der Waals surface area contributed by atoms with Crippen LogP contribution in [0.5, 0.6) is 0 Å². The number of ketones is 1. The first-order chi connectivity index (χ1) is 6.08. The van der Waals surface area contributed by atoms with Crippen LogP contribution in [-0.2, 0) is 14.3 Å². The zero-order valence-electron chi connectivity index (χ0n) is 7.53. The molecule has 0 unspecified atom stereocenters. The lowest BCUT2D eigenvalue weighted by Crippen LogP contribution is -2.47. The summed E-state index contributed by atoms with van der Waals surface area (Å²) in [5, 5.41) is 2.58. The van der Waals surface area contributed by atoms with Crippen molar-refractivity contribution in [2.24, 2.45) is 0 Å². The van der Waals surface area contributed by atoms with Gasteiger partial charge in [0.05, 0.1) is 0 Å². The molecule has 1 aliphatic rings. The average Bonchev–Trinajstić information content (AvgIpc) is 2.09. The molecule has 0 aromatic rings. The van der Waals surface area contributed by atoms with Crippen molar-refractivity contribution in [1.82, 2.24) is 5.32 Å². The lowest BCUT2D eigenvalue weighted by molar-refractivity contribution is -0.124. The second-order valence-electron chi connectivity index (χ2n) is 2.75. The second kappa shape index (κ2) is 3.53. The van der Waals surface area contributed by atoms with Gasteiger partial charge in [-0.3, -0.25) is 9.59 Å². The van der Waals surface area contributed by atoms with Gasteiger partial charge in [-0.1, -0.05) is 0 Å². The molecule has 13 heavy (non-hydrogen) atoms. The maximum atomic E-state index is 10.8. The van der Waals surface area contributed by atoms with Crippen molar-refractivity contribution < 1.29 is 14.3 Å². The molecular formula is C9H11NO3. The van der Waals surface area contributed by atoms with Crippen LogP contribution >= 0.6 is 0 Å². The second-order valence-corrected chi connectivity index (χ2v) is 2.75. The number of methoxy groups -OCH3 is 1. The van der Waals surface area contributed by atoms with Crippen LogP contribution in [0.25, 0.3) is 0 Å². The normalized spacial score (nSPS) is 18.8. The van der Waals surface area contributed by atoms with E-state index < -0.39 is 5.72 Å². The Bertz CT molecular complexity index is 275. The van der Waals surface area contributed by atoms with E-state index in [1.807, 2.05) is 0 Å². The van der Waals surface area contributed by atoms with Gasteiger partial charge in [-0.25, -0.2) is 0 Å². The first-order valence-electron chi connectivity index (χ1n) is 3.84. The largest absolute Gasteiger partial charge is 0.352 e. The molecule has 0 saturated carbocycles. The van der Waals surface area contributed by atoms with Gasteiger partial charge in [0.2, 0.25) is 5.91 Å². The predicted octanol–water partition coefficient (Wildman–Crippen LogP) is 0.160. The van der Waals surface area contributed by atoms with Crippen LogP contribution in [0, 0.1) is 0 Å². The van der Waals surface area contributed by atoms with Gasteiger partial charge in [0.25, 0.3) is 0 Å². The third-order valence-electron chi connectivity index (χ3n) is 1.70. The van der Waals surface area contributed by atoms with Crippen molar-refractivity contribution in [1.29, 1.82) is 0 Å². The highest BCUT2D eigenvalue weighted by Crippen LogP contribution is 2.14. The Balaban J connectivity index is 2.83. The van der Waals surface area contributed by atoms with Gasteiger partial charge >= 0.3 is 0 Å². The number of carbonyl (C=O) groups is 2. The van der Waals surface area contributed by atoms with E-state index >= 15 is 0 Å². The number of carbonyl (C=O) groups excluding carboxylic acids is 2. The molecule has 0 aromatic heterocycles. The minimum absolute atomic E-state index is 0.113. The molecule has 0 radical (unpaired) electrons. The lowest BCUT2D eigenvalue weighted by atomic mass is 10.1. The zero-order chi connectivity index (χ0) is 9.90. The monoisotopic (exact) mass is 181 g/mol. The van der Waals surface area contributed by atoms with Crippen LogP contribution < -0.4 is 5.32 Å². The van der Waals surface area contributed by atoms with Gasteiger partial charge in [-0.15, -0.1) is 0 Å². The number of allylic oxidation sites excluding steroid dienone is 2. The number of hydrogen-bond donors (Lipinski definition) is 1. The minimum Gasteiger partial charge on any atom is -0.352 e. The van der Waals surface area contributed by atoms with Crippen molar-refractivity contribution >= 4 is 11.7 Å². The average molecular weight is 181 g/mol. The SMILES string of the molecule is COC1(NC(C)=O)C=CC(=O)C=C1. The Morgan fingerprint density at radius 2 is 2.00 bits per heavy atom. The third-order valence-corrected chi connectivity index (χ3v) is 1.70. The summed E-state index contributed by atoms with van der Waals surface area (Å²) in [6, 6.07) is 0. The van der Waals surface area contributed by atoms with E-state index in [0.29, 0.717) is 0 Å². The summed E-state index contributed by atoms with van der Waals surface area (Å²) in [7, 11) is 1.46. The first kappa shape index (κ1) is 9.67. The standard InChI is InChI=1S/C9H11NO3/c1-7(11)10-9(13-2)5-3-8(12)4-6-9/h3-6H,1-2H3,(H,10,11). The number of rotatable bonds is 2. The van der Waals surface area contributed by atoms with E-state index in [0.717, 1.165) is 0 Å². The maximum Gasteiger partial charge on any atom is 0.219 e. The highest BCUT2D eigenvalue weighted by molar-refractivity contribution is 6.00. The molecule has 1 amide bonds. The van der Waals surface area contributed by atoms with Crippen LogP contribution in [0.3, 0.4) is 0 Å². The highest BCUT2D eigenvalue weighted by Gasteiger charge is 2.26. The number of amides is 1. The van der Waals surface area contributed by atoms with Gasteiger partial charge < -0.3 is 10.1 Å². The summed E-state index contributed by atoms with van der Waals surface area (Å²) < 4.78 is 5.08. The number of hydrogen-bond acceptors (Lipinski definition) is 3. The predicted molar refractivity (Wildman–Crippen MR) is 46.8 cm³/mol. The van der Waals surface area contributed by atoms with E-state index in [2.05, 4.69) is 5.32 Å². The smallest absolute Gasteiger partial charge is 0.219 e. The Morgan fingerprint density at radius 3 is 2.38 bits per heavy atom. The Morgan fingerprint density at radius 1 is 1.46 bits per heavy atom.